The Morgan fingerprint density at radius 2 is 1.69 bits per heavy atom. The first-order chi connectivity index (χ1) is 13.8. The maximum atomic E-state index is 12.7. The van der Waals surface area contributed by atoms with Crippen molar-refractivity contribution in [2.75, 3.05) is 10.6 Å². The van der Waals surface area contributed by atoms with Gasteiger partial charge in [-0.25, -0.2) is 0 Å². The highest BCUT2D eigenvalue weighted by Crippen LogP contribution is 2.26. The van der Waals surface area contributed by atoms with Crippen LogP contribution < -0.4 is 10.6 Å². The molecule has 29 heavy (non-hydrogen) atoms. The third-order valence-corrected chi connectivity index (χ3v) is 4.42. The molecule has 0 radical (unpaired) electrons. The summed E-state index contributed by atoms with van der Waals surface area (Å²) in [5.41, 5.74) is 1.84. The zero-order chi connectivity index (χ0) is 21.0. The normalized spacial score (nSPS) is 10.3. The van der Waals surface area contributed by atoms with Crippen LogP contribution >= 0.6 is 11.6 Å². The lowest BCUT2D eigenvalue weighted by Crippen LogP contribution is -2.18. The van der Waals surface area contributed by atoms with Crippen LogP contribution in [0.25, 0.3) is 0 Å². The van der Waals surface area contributed by atoms with Crippen LogP contribution in [0.2, 0.25) is 5.02 Å². The number of hydrogen-bond acceptors (Lipinski definition) is 4. The Hall–Kier alpha value is -3.71. The monoisotopic (exact) mass is 409 g/mol. The van der Waals surface area contributed by atoms with Crippen molar-refractivity contribution < 1.29 is 14.5 Å². The molecule has 0 fully saturated rings. The molecule has 8 heteroatoms. The lowest BCUT2D eigenvalue weighted by Gasteiger charge is -2.12. The number of carbonyl (C=O) groups excluding carboxylic acids is 2. The fourth-order valence-electron chi connectivity index (χ4n) is 2.70. The Kier molecular flexibility index (Phi) is 5.90. The summed E-state index contributed by atoms with van der Waals surface area (Å²) in [5.74, 6) is -0.992. The number of nitrogens with one attached hydrogen (secondary N) is 2. The van der Waals surface area contributed by atoms with Gasteiger partial charge in [-0.05, 0) is 48.9 Å². The number of rotatable bonds is 5. The topological polar surface area (TPSA) is 101 Å². The number of para-hydroxylation sites is 1. The van der Waals surface area contributed by atoms with E-state index in [-0.39, 0.29) is 27.5 Å². The minimum absolute atomic E-state index is 0.0509. The number of hydrogen-bond donors (Lipinski definition) is 2. The summed E-state index contributed by atoms with van der Waals surface area (Å²) in [6.45, 7) is 1.91. The minimum Gasteiger partial charge on any atom is -0.322 e. The van der Waals surface area contributed by atoms with E-state index in [2.05, 4.69) is 10.6 Å². The maximum absolute atomic E-state index is 12.7. The molecule has 146 valence electrons. The predicted molar refractivity (Wildman–Crippen MR) is 112 cm³/mol. The zero-order valence-electron chi connectivity index (χ0n) is 15.3. The SMILES string of the molecule is Cc1cccc(NC(=O)c2ccccc2NC(=O)c2ccc(Cl)c([N+](=O)[O-])c2)c1. The fraction of sp³-hybridized carbons (Fsp3) is 0.0476. The van der Waals surface area contributed by atoms with Crippen LogP contribution in [-0.2, 0) is 0 Å². The molecule has 0 spiro atoms. The number of aryl methyl sites for hydroxylation is 1. The Labute approximate surface area is 171 Å². The fourth-order valence-corrected chi connectivity index (χ4v) is 2.89. The number of nitro benzene ring substituents is 1. The van der Waals surface area contributed by atoms with Gasteiger partial charge in [0.1, 0.15) is 5.02 Å². The molecule has 2 N–H and O–H groups in total. The van der Waals surface area contributed by atoms with Crippen molar-refractivity contribution in [3.63, 3.8) is 0 Å². The summed E-state index contributed by atoms with van der Waals surface area (Å²) >= 11 is 5.78. The molecule has 0 heterocycles. The summed E-state index contributed by atoms with van der Waals surface area (Å²) in [5, 5.41) is 16.4. The van der Waals surface area contributed by atoms with Crippen LogP contribution in [0.3, 0.4) is 0 Å². The van der Waals surface area contributed by atoms with Crippen molar-refractivity contribution >= 4 is 40.5 Å². The zero-order valence-corrected chi connectivity index (χ0v) is 16.1. The van der Waals surface area contributed by atoms with E-state index < -0.39 is 16.7 Å². The molecular weight excluding hydrogens is 394 g/mol. The average molecular weight is 410 g/mol. The molecule has 0 saturated carbocycles. The molecule has 0 bridgehead atoms. The molecule has 0 aliphatic rings. The van der Waals surface area contributed by atoms with Crippen molar-refractivity contribution in [1.82, 2.24) is 0 Å². The molecule has 0 aliphatic heterocycles. The van der Waals surface area contributed by atoms with Gasteiger partial charge in [0.2, 0.25) is 0 Å². The van der Waals surface area contributed by atoms with E-state index in [1.165, 1.54) is 12.1 Å². The number of benzene rings is 3. The molecule has 3 rings (SSSR count). The molecule has 7 nitrogen and oxygen atoms in total. The lowest BCUT2D eigenvalue weighted by atomic mass is 10.1. The second kappa shape index (κ2) is 8.53. The molecule has 3 aromatic rings. The predicted octanol–water partition coefficient (Wildman–Crippen LogP) is 5.06. The summed E-state index contributed by atoms with van der Waals surface area (Å²) < 4.78 is 0. The Morgan fingerprint density at radius 1 is 0.931 bits per heavy atom. The van der Waals surface area contributed by atoms with Gasteiger partial charge in [-0.2, -0.15) is 0 Å². The van der Waals surface area contributed by atoms with E-state index in [4.69, 9.17) is 11.6 Å². The van der Waals surface area contributed by atoms with Crippen molar-refractivity contribution in [2.45, 2.75) is 6.92 Å². The lowest BCUT2D eigenvalue weighted by molar-refractivity contribution is -0.384. The van der Waals surface area contributed by atoms with E-state index in [1.807, 2.05) is 25.1 Å². The first kappa shape index (κ1) is 20.0. The van der Waals surface area contributed by atoms with Gasteiger partial charge in [0.15, 0.2) is 0 Å². The third-order valence-electron chi connectivity index (χ3n) is 4.10. The third kappa shape index (κ3) is 4.77. The Bertz CT molecular complexity index is 1110. The number of carbonyl (C=O) groups is 2. The minimum atomic E-state index is -0.664. The molecule has 0 unspecified atom stereocenters. The standard InChI is InChI=1S/C21H16ClN3O4/c1-13-5-4-6-15(11-13)23-21(27)16-7-2-3-8-18(16)24-20(26)14-9-10-17(22)19(12-14)25(28)29/h2-12H,1H3,(H,23,27)(H,24,26). The second-order valence-corrected chi connectivity index (χ2v) is 6.65. The van der Waals surface area contributed by atoms with Crippen LogP contribution in [0.5, 0.6) is 0 Å². The van der Waals surface area contributed by atoms with Crippen LogP contribution in [-0.4, -0.2) is 16.7 Å². The molecule has 0 atom stereocenters. The van der Waals surface area contributed by atoms with Crippen molar-refractivity contribution in [1.29, 1.82) is 0 Å². The molecular formula is C21H16ClN3O4. The van der Waals surface area contributed by atoms with Crippen molar-refractivity contribution in [3.05, 3.63) is 98.6 Å². The van der Waals surface area contributed by atoms with Crippen LogP contribution in [0.15, 0.2) is 66.7 Å². The number of halogens is 1. The van der Waals surface area contributed by atoms with Gasteiger partial charge in [0, 0.05) is 17.3 Å². The van der Waals surface area contributed by atoms with Crippen molar-refractivity contribution in [2.24, 2.45) is 0 Å². The van der Waals surface area contributed by atoms with Gasteiger partial charge in [-0.1, -0.05) is 35.9 Å². The van der Waals surface area contributed by atoms with Gasteiger partial charge in [-0.3, -0.25) is 19.7 Å². The van der Waals surface area contributed by atoms with Gasteiger partial charge in [-0.15, -0.1) is 0 Å². The second-order valence-electron chi connectivity index (χ2n) is 6.25. The maximum Gasteiger partial charge on any atom is 0.288 e. The molecule has 0 aliphatic carbocycles. The number of anilines is 2. The Morgan fingerprint density at radius 3 is 2.41 bits per heavy atom. The van der Waals surface area contributed by atoms with Gasteiger partial charge in [0.25, 0.3) is 17.5 Å². The van der Waals surface area contributed by atoms with E-state index in [9.17, 15) is 19.7 Å². The van der Waals surface area contributed by atoms with E-state index in [0.717, 1.165) is 11.6 Å². The summed E-state index contributed by atoms with van der Waals surface area (Å²) in [7, 11) is 0. The number of nitrogens with zero attached hydrogens (tertiary/aromatic N) is 1. The molecule has 3 aromatic carbocycles. The average Bonchev–Trinajstić information content (AvgIpc) is 2.68. The highest BCUT2D eigenvalue weighted by atomic mass is 35.5. The highest BCUT2D eigenvalue weighted by molar-refractivity contribution is 6.32. The summed E-state index contributed by atoms with van der Waals surface area (Å²) in [6.07, 6.45) is 0. The van der Waals surface area contributed by atoms with Gasteiger partial charge in [0.05, 0.1) is 16.2 Å². The molecule has 0 saturated heterocycles. The summed E-state index contributed by atoms with van der Waals surface area (Å²) in [6, 6.07) is 17.6. The highest BCUT2D eigenvalue weighted by Gasteiger charge is 2.18. The van der Waals surface area contributed by atoms with Crippen LogP contribution in [0, 0.1) is 17.0 Å². The Balaban J connectivity index is 1.84. The van der Waals surface area contributed by atoms with E-state index >= 15 is 0 Å². The van der Waals surface area contributed by atoms with E-state index in [1.54, 1.807) is 30.3 Å². The summed E-state index contributed by atoms with van der Waals surface area (Å²) in [4.78, 5) is 35.6. The molecule has 0 aromatic heterocycles. The largest absolute Gasteiger partial charge is 0.322 e. The smallest absolute Gasteiger partial charge is 0.288 e. The first-order valence-corrected chi connectivity index (χ1v) is 8.95. The van der Waals surface area contributed by atoms with Crippen molar-refractivity contribution in [3.8, 4) is 0 Å². The molecule has 2 amide bonds. The van der Waals surface area contributed by atoms with Gasteiger partial charge >= 0.3 is 0 Å². The first-order valence-electron chi connectivity index (χ1n) is 8.57. The van der Waals surface area contributed by atoms with Crippen LogP contribution in [0.1, 0.15) is 26.3 Å². The number of nitro groups is 1. The quantitative estimate of drug-likeness (QED) is 0.454. The number of amides is 2. The van der Waals surface area contributed by atoms with E-state index in [0.29, 0.717) is 5.69 Å². The van der Waals surface area contributed by atoms with Crippen LogP contribution in [0.4, 0.5) is 17.1 Å². The van der Waals surface area contributed by atoms with Gasteiger partial charge < -0.3 is 10.6 Å².